The topological polar surface area (TPSA) is 67.8 Å². The lowest BCUT2D eigenvalue weighted by Gasteiger charge is -2.15. The molecule has 0 bridgehead atoms. The van der Waals surface area contributed by atoms with Crippen molar-refractivity contribution < 1.29 is 26.4 Å². The smallest absolute Gasteiger partial charge is 0.391 e. The molecule has 5 nitrogen and oxygen atoms in total. The van der Waals surface area contributed by atoms with Crippen molar-refractivity contribution in [1.29, 1.82) is 0 Å². The van der Waals surface area contributed by atoms with Crippen LogP contribution in [0.2, 0.25) is 5.02 Å². The van der Waals surface area contributed by atoms with Gasteiger partial charge in [0.25, 0.3) is 0 Å². The van der Waals surface area contributed by atoms with E-state index in [0.717, 1.165) is 11.6 Å². The van der Waals surface area contributed by atoms with Crippen LogP contribution < -0.4 is 4.72 Å². The number of halogens is 4. The van der Waals surface area contributed by atoms with Gasteiger partial charge in [-0.15, -0.1) is 0 Å². The molecule has 0 unspecified atom stereocenters. The van der Waals surface area contributed by atoms with Gasteiger partial charge in [-0.05, 0) is 36.3 Å². The third kappa shape index (κ3) is 6.50. The standard InChI is InChI=1S/C19H18ClF3N2O3S/c1-2-17(24-28-12-6-9-14-7-4-3-5-8-14)16-13-15(20)10-11-18(16)25-29(26,27)19(21,22)23/h3-11,13,25H,2,12H2,1H3/b9-6+,24-17+. The average Bonchev–Trinajstić information content (AvgIpc) is 2.66. The van der Waals surface area contributed by atoms with Gasteiger partial charge in [-0.3, -0.25) is 4.72 Å². The third-order valence-corrected chi connectivity index (χ3v) is 4.96. The van der Waals surface area contributed by atoms with E-state index in [1.54, 1.807) is 13.0 Å². The summed E-state index contributed by atoms with van der Waals surface area (Å²) in [7, 11) is -5.59. The number of hydrogen-bond acceptors (Lipinski definition) is 4. The molecule has 10 heteroatoms. The first kappa shape index (κ1) is 22.8. The van der Waals surface area contributed by atoms with Gasteiger partial charge in [0, 0.05) is 10.6 Å². The maximum Gasteiger partial charge on any atom is 0.516 e. The van der Waals surface area contributed by atoms with Gasteiger partial charge < -0.3 is 4.84 Å². The van der Waals surface area contributed by atoms with Crippen LogP contribution >= 0.6 is 11.6 Å². The summed E-state index contributed by atoms with van der Waals surface area (Å²) in [6, 6.07) is 13.2. The molecule has 0 aliphatic heterocycles. The number of hydrogen-bond donors (Lipinski definition) is 1. The Balaban J connectivity index is 2.20. The zero-order valence-electron chi connectivity index (χ0n) is 15.3. The van der Waals surface area contributed by atoms with Gasteiger partial charge >= 0.3 is 15.5 Å². The van der Waals surface area contributed by atoms with Crippen LogP contribution in [0.15, 0.2) is 59.8 Å². The summed E-state index contributed by atoms with van der Waals surface area (Å²) < 4.78 is 62.5. The quantitative estimate of drug-likeness (QED) is 0.333. The van der Waals surface area contributed by atoms with Crippen molar-refractivity contribution in [2.45, 2.75) is 18.9 Å². The largest absolute Gasteiger partial charge is 0.516 e. The lowest BCUT2D eigenvalue weighted by Crippen LogP contribution is -2.30. The van der Waals surface area contributed by atoms with Crippen LogP contribution in [0.1, 0.15) is 24.5 Å². The van der Waals surface area contributed by atoms with Crippen molar-refractivity contribution in [2.75, 3.05) is 11.3 Å². The molecule has 2 rings (SSSR count). The van der Waals surface area contributed by atoms with E-state index in [1.807, 2.05) is 36.4 Å². The van der Waals surface area contributed by atoms with E-state index in [9.17, 15) is 21.6 Å². The van der Waals surface area contributed by atoms with Gasteiger partial charge in [-0.25, -0.2) is 0 Å². The molecule has 0 spiro atoms. The molecular formula is C19H18ClF3N2O3S. The van der Waals surface area contributed by atoms with E-state index in [4.69, 9.17) is 16.4 Å². The normalized spacial score (nSPS) is 12.9. The van der Waals surface area contributed by atoms with Gasteiger partial charge in [0.1, 0.15) is 6.61 Å². The molecule has 0 fully saturated rings. The number of anilines is 1. The molecule has 2 aromatic rings. The first-order chi connectivity index (χ1) is 13.6. The second-order valence-electron chi connectivity index (χ2n) is 5.74. The van der Waals surface area contributed by atoms with E-state index < -0.39 is 15.5 Å². The molecule has 0 heterocycles. The fourth-order valence-corrected chi connectivity index (χ4v) is 3.01. The molecular weight excluding hydrogens is 429 g/mol. The van der Waals surface area contributed by atoms with Crippen molar-refractivity contribution in [3.63, 3.8) is 0 Å². The Hall–Kier alpha value is -2.52. The molecule has 0 atom stereocenters. The zero-order valence-corrected chi connectivity index (χ0v) is 16.9. The maximum atomic E-state index is 12.7. The van der Waals surface area contributed by atoms with Crippen molar-refractivity contribution >= 4 is 39.1 Å². The highest BCUT2D eigenvalue weighted by Gasteiger charge is 2.46. The van der Waals surface area contributed by atoms with Crippen LogP contribution in [0.5, 0.6) is 0 Å². The summed E-state index contributed by atoms with van der Waals surface area (Å²) in [5, 5.41) is 4.14. The number of nitrogens with one attached hydrogen (secondary N) is 1. The number of sulfonamides is 1. The highest BCUT2D eigenvalue weighted by atomic mass is 35.5. The SMILES string of the molecule is CC/C(=N\OC/C=C/c1ccccc1)c1cc(Cl)ccc1NS(=O)(=O)C(F)(F)F. The first-order valence-corrected chi connectivity index (χ1v) is 10.3. The van der Waals surface area contributed by atoms with Gasteiger partial charge in [0.05, 0.1) is 11.4 Å². The lowest BCUT2D eigenvalue weighted by atomic mass is 10.1. The highest BCUT2D eigenvalue weighted by Crippen LogP contribution is 2.29. The van der Waals surface area contributed by atoms with E-state index in [2.05, 4.69) is 5.16 Å². The Bertz CT molecular complexity index is 992. The van der Waals surface area contributed by atoms with Crippen LogP contribution in [-0.4, -0.2) is 26.2 Å². The van der Waals surface area contributed by atoms with Gasteiger partial charge in [-0.2, -0.15) is 21.6 Å². The van der Waals surface area contributed by atoms with E-state index in [-0.39, 0.29) is 35.0 Å². The number of nitrogens with zero attached hydrogens (tertiary/aromatic N) is 1. The van der Waals surface area contributed by atoms with Gasteiger partial charge in [-0.1, -0.05) is 60.1 Å². The average molecular weight is 447 g/mol. The Morgan fingerprint density at radius 3 is 2.52 bits per heavy atom. The third-order valence-electron chi connectivity index (χ3n) is 3.63. The Labute approximate surface area is 171 Å². The fraction of sp³-hybridized carbons (Fsp3) is 0.211. The van der Waals surface area contributed by atoms with Crippen molar-refractivity contribution in [3.8, 4) is 0 Å². The molecule has 0 aliphatic rings. The predicted octanol–water partition coefficient (Wildman–Crippen LogP) is 5.45. The highest BCUT2D eigenvalue weighted by molar-refractivity contribution is 7.93. The van der Waals surface area contributed by atoms with Crippen LogP contribution in [0.4, 0.5) is 18.9 Å². The Morgan fingerprint density at radius 1 is 1.21 bits per heavy atom. The summed E-state index contributed by atoms with van der Waals surface area (Å²) in [6.45, 7) is 1.81. The second kappa shape index (κ2) is 9.80. The predicted molar refractivity (Wildman–Crippen MR) is 108 cm³/mol. The summed E-state index contributed by atoms with van der Waals surface area (Å²) >= 11 is 5.92. The number of alkyl halides is 3. The minimum absolute atomic E-state index is 0.0971. The molecule has 0 aromatic heterocycles. The van der Waals surface area contributed by atoms with Crippen LogP contribution in [0, 0.1) is 0 Å². The molecule has 1 N–H and O–H groups in total. The van der Waals surface area contributed by atoms with Crippen LogP contribution in [0.3, 0.4) is 0 Å². The second-order valence-corrected chi connectivity index (χ2v) is 7.85. The summed E-state index contributed by atoms with van der Waals surface area (Å²) in [4.78, 5) is 5.21. The maximum absolute atomic E-state index is 12.7. The van der Waals surface area contributed by atoms with E-state index >= 15 is 0 Å². The van der Waals surface area contributed by atoms with E-state index in [0.29, 0.717) is 0 Å². The first-order valence-electron chi connectivity index (χ1n) is 8.43. The Morgan fingerprint density at radius 2 is 1.90 bits per heavy atom. The molecule has 2 aromatic carbocycles. The van der Waals surface area contributed by atoms with Crippen molar-refractivity contribution in [2.24, 2.45) is 5.16 Å². The molecule has 0 saturated heterocycles. The summed E-state index contributed by atoms with van der Waals surface area (Å²) in [5.74, 6) is 0. The number of oxime groups is 1. The molecule has 0 radical (unpaired) electrons. The van der Waals surface area contributed by atoms with Crippen LogP contribution in [-0.2, 0) is 14.9 Å². The minimum Gasteiger partial charge on any atom is -0.391 e. The number of benzene rings is 2. The molecule has 156 valence electrons. The fourth-order valence-electron chi connectivity index (χ4n) is 2.26. The summed E-state index contributed by atoms with van der Waals surface area (Å²) in [6.07, 6.45) is 3.81. The van der Waals surface area contributed by atoms with Crippen molar-refractivity contribution in [1.82, 2.24) is 0 Å². The molecule has 0 aliphatic carbocycles. The molecule has 29 heavy (non-hydrogen) atoms. The monoisotopic (exact) mass is 446 g/mol. The van der Waals surface area contributed by atoms with Crippen molar-refractivity contribution in [3.05, 3.63) is 70.8 Å². The molecule has 0 saturated carbocycles. The number of rotatable bonds is 8. The zero-order chi connectivity index (χ0) is 21.5. The van der Waals surface area contributed by atoms with Gasteiger partial charge in [0.15, 0.2) is 0 Å². The minimum atomic E-state index is -5.59. The molecule has 0 amide bonds. The summed E-state index contributed by atoms with van der Waals surface area (Å²) in [5.41, 5.74) is -4.45. The Kier molecular flexibility index (Phi) is 7.69. The lowest BCUT2D eigenvalue weighted by molar-refractivity contribution is -0.0429. The van der Waals surface area contributed by atoms with E-state index in [1.165, 1.54) is 16.9 Å². The van der Waals surface area contributed by atoms with Crippen LogP contribution in [0.25, 0.3) is 6.08 Å². The van der Waals surface area contributed by atoms with Gasteiger partial charge in [0.2, 0.25) is 0 Å².